The Morgan fingerprint density at radius 1 is 1.00 bits per heavy atom. The molecule has 2 nitrogen and oxygen atoms in total. The summed E-state index contributed by atoms with van der Waals surface area (Å²) in [5.41, 5.74) is 2.56. The van der Waals surface area contributed by atoms with Gasteiger partial charge in [0.1, 0.15) is 6.10 Å². The van der Waals surface area contributed by atoms with Crippen LogP contribution in [0.2, 0.25) is 0 Å². The molecule has 0 saturated carbocycles. The van der Waals surface area contributed by atoms with E-state index in [4.69, 9.17) is 4.74 Å². The summed E-state index contributed by atoms with van der Waals surface area (Å²) in [5.74, 6) is -0.274. The Morgan fingerprint density at radius 3 is 2.28 bits per heavy atom. The van der Waals surface area contributed by atoms with Gasteiger partial charge < -0.3 is 4.74 Å². The van der Waals surface area contributed by atoms with Crippen LogP contribution in [0, 0.1) is 6.92 Å². The van der Waals surface area contributed by atoms with Crippen LogP contribution in [0.4, 0.5) is 0 Å². The minimum Gasteiger partial charge on any atom is -0.454 e. The van der Waals surface area contributed by atoms with Gasteiger partial charge in [-0.05, 0) is 31.0 Å². The molecule has 2 aromatic rings. The summed E-state index contributed by atoms with van der Waals surface area (Å²) in [5, 5.41) is 0. The van der Waals surface area contributed by atoms with Gasteiger partial charge in [-0.1, -0.05) is 48.5 Å². The molecule has 1 atom stereocenters. The third-order valence-corrected chi connectivity index (χ3v) is 2.92. The van der Waals surface area contributed by atoms with Crippen LogP contribution in [0.5, 0.6) is 0 Å². The molecule has 92 valence electrons. The smallest absolute Gasteiger partial charge is 0.338 e. The first-order valence-electron chi connectivity index (χ1n) is 6.00. The van der Waals surface area contributed by atoms with Crippen molar-refractivity contribution in [1.29, 1.82) is 0 Å². The highest BCUT2D eigenvalue weighted by Crippen LogP contribution is 2.19. The summed E-state index contributed by atoms with van der Waals surface area (Å²) in [4.78, 5) is 12.0. The first kappa shape index (κ1) is 12.4. The molecule has 0 aromatic heterocycles. The maximum Gasteiger partial charge on any atom is 0.338 e. The highest BCUT2D eigenvalue weighted by atomic mass is 16.5. The number of carbonyl (C=O) groups excluding carboxylic acids is 1. The van der Waals surface area contributed by atoms with Crippen molar-refractivity contribution in [3.8, 4) is 0 Å². The van der Waals surface area contributed by atoms with Gasteiger partial charge in [-0.3, -0.25) is 0 Å². The fraction of sp³-hybridized carbons (Fsp3) is 0.188. The molecule has 0 amide bonds. The maximum atomic E-state index is 12.0. The molecule has 0 N–H and O–H groups in total. The molecule has 0 aliphatic carbocycles. The normalized spacial score (nSPS) is 11.9. The zero-order valence-corrected chi connectivity index (χ0v) is 10.6. The van der Waals surface area contributed by atoms with Crippen molar-refractivity contribution in [2.75, 3.05) is 0 Å². The minimum atomic E-state index is -0.274. The van der Waals surface area contributed by atoms with E-state index in [1.54, 1.807) is 6.07 Å². The van der Waals surface area contributed by atoms with Gasteiger partial charge in [-0.25, -0.2) is 4.79 Å². The molecule has 0 fully saturated rings. The van der Waals surface area contributed by atoms with E-state index in [0.29, 0.717) is 5.56 Å². The lowest BCUT2D eigenvalue weighted by molar-refractivity contribution is 0.0337. The van der Waals surface area contributed by atoms with Crippen LogP contribution in [0.1, 0.15) is 34.5 Å². The molecule has 2 rings (SSSR count). The van der Waals surface area contributed by atoms with E-state index in [1.807, 2.05) is 62.4 Å². The van der Waals surface area contributed by atoms with E-state index in [0.717, 1.165) is 11.1 Å². The molecule has 0 radical (unpaired) electrons. The van der Waals surface area contributed by atoms with Crippen LogP contribution in [0.3, 0.4) is 0 Å². The minimum absolute atomic E-state index is 0.238. The molecule has 2 heteroatoms. The van der Waals surface area contributed by atoms with Gasteiger partial charge in [0.25, 0.3) is 0 Å². The maximum absolute atomic E-state index is 12.0. The van der Waals surface area contributed by atoms with E-state index < -0.39 is 0 Å². The summed E-state index contributed by atoms with van der Waals surface area (Å²) < 4.78 is 5.46. The van der Waals surface area contributed by atoms with E-state index in [-0.39, 0.29) is 12.1 Å². The molecule has 0 heterocycles. The van der Waals surface area contributed by atoms with Gasteiger partial charge in [-0.15, -0.1) is 0 Å². The number of benzene rings is 2. The number of carbonyl (C=O) groups is 1. The summed E-state index contributed by atoms with van der Waals surface area (Å²) in [6, 6.07) is 17.2. The fourth-order valence-corrected chi connectivity index (χ4v) is 1.82. The Balaban J connectivity index is 2.11. The van der Waals surface area contributed by atoms with Crippen LogP contribution < -0.4 is 0 Å². The number of rotatable bonds is 3. The second-order valence-electron chi connectivity index (χ2n) is 4.27. The Bertz CT molecular complexity index is 532. The molecular formula is C16H16O2. The quantitative estimate of drug-likeness (QED) is 0.760. The molecular weight excluding hydrogens is 224 g/mol. The van der Waals surface area contributed by atoms with Crippen molar-refractivity contribution in [1.82, 2.24) is 0 Å². The van der Waals surface area contributed by atoms with Gasteiger partial charge in [-0.2, -0.15) is 0 Å². The van der Waals surface area contributed by atoms with E-state index >= 15 is 0 Å². The van der Waals surface area contributed by atoms with E-state index in [2.05, 4.69) is 0 Å². The van der Waals surface area contributed by atoms with Gasteiger partial charge >= 0.3 is 5.97 Å². The second-order valence-corrected chi connectivity index (χ2v) is 4.27. The van der Waals surface area contributed by atoms with E-state index in [9.17, 15) is 4.79 Å². The predicted octanol–water partition coefficient (Wildman–Crippen LogP) is 3.91. The van der Waals surface area contributed by atoms with Crippen LogP contribution >= 0.6 is 0 Å². The Labute approximate surface area is 107 Å². The van der Waals surface area contributed by atoms with Crippen molar-refractivity contribution in [3.63, 3.8) is 0 Å². The topological polar surface area (TPSA) is 26.3 Å². The molecule has 0 saturated heterocycles. The Kier molecular flexibility index (Phi) is 3.78. The SMILES string of the molecule is Cc1ccccc1C(=O)OC(C)c1ccccc1. The predicted molar refractivity (Wildman–Crippen MR) is 71.5 cm³/mol. The lowest BCUT2D eigenvalue weighted by Gasteiger charge is -2.14. The standard InChI is InChI=1S/C16H16O2/c1-12-8-6-7-11-15(12)16(17)18-13(2)14-9-4-3-5-10-14/h3-11,13H,1-2H3. The van der Waals surface area contributed by atoms with Crippen molar-refractivity contribution in [2.45, 2.75) is 20.0 Å². The number of esters is 1. The zero-order valence-electron chi connectivity index (χ0n) is 10.6. The third kappa shape index (κ3) is 2.77. The van der Waals surface area contributed by atoms with Crippen LogP contribution in [-0.4, -0.2) is 5.97 Å². The summed E-state index contributed by atoms with van der Waals surface area (Å²) in [6.07, 6.45) is -0.238. The third-order valence-electron chi connectivity index (χ3n) is 2.92. The van der Waals surface area contributed by atoms with Gasteiger partial charge in [0, 0.05) is 0 Å². The highest BCUT2D eigenvalue weighted by molar-refractivity contribution is 5.91. The number of hydrogen-bond acceptors (Lipinski definition) is 2. The zero-order chi connectivity index (χ0) is 13.0. The van der Waals surface area contributed by atoms with Crippen LogP contribution in [0.15, 0.2) is 54.6 Å². The molecule has 0 spiro atoms. The lowest BCUT2D eigenvalue weighted by atomic mass is 10.1. The summed E-state index contributed by atoms with van der Waals surface area (Å²) in [7, 11) is 0. The average molecular weight is 240 g/mol. The average Bonchev–Trinajstić information content (AvgIpc) is 2.40. The molecule has 1 unspecified atom stereocenters. The van der Waals surface area contributed by atoms with Gasteiger partial charge in [0.05, 0.1) is 5.56 Å². The molecule has 0 bridgehead atoms. The van der Waals surface area contributed by atoms with Crippen molar-refractivity contribution >= 4 is 5.97 Å². The molecule has 0 aliphatic heterocycles. The monoisotopic (exact) mass is 240 g/mol. The number of hydrogen-bond donors (Lipinski definition) is 0. The molecule has 18 heavy (non-hydrogen) atoms. The van der Waals surface area contributed by atoms with Crippen molar-refractivity contribution in [2.24, 2.45) is 0 Å². The number of ether oxygens (including phenoxy) is 1. The largest absolute Gasteiger partial charge is 0.454 e. The molecule has 2 aromatic carbocycles. The summed E-state index contributed by atoms with van der Waals surface area (Å²) >= 11 is 0. The Hall–Kier alpha value is -2.09. The van der Waals surface area contributed by atoms with Crippen LogP contribution in [-0.2, 0) is 4.74 Å². The van der Waals surface area contributed by atoms with Gasteiger partial charge in [0.2, 0.25) is 0 Å². The fourth-order valence-electron chi connectivity index (χ4n) is 1.82. The first-order valence-corrected chi connectivity index (χ1v) is 6.00. The van der Waals surface area contributed by atoms with Gasteiger partial charge in [0.15, 0.2) is 0 Å². The lowest BCUT2D eigenvalue weighted by Crippen LogP contribution is -2.10. The van der Waals surface area contributed by atoms with Crippen molar-refractivity contribution in [3.05, 3.63) is 71.3 Å². The van der Waals surface area contributed by atoms with Crippen molar-refractivity contribution < 1.29 is 9.53 Å². The first-order chi connectivity index (χ1) is 8.68. The Morgan fingerprint density at radius 2 is 1.61 bits per heavy atom. The van der Waals surface area contributed by atoms with Crippen LogP contribution in [0.25, 0.3) is 0 Å². The summed E-state index contributed by atoms with van der Waals surface area (Å²) in [6.45, 7) is 3.79. The van der Waals surface area contributed by atoms with E-state index in [1.165, 1.54) is 0 Å². The highest BCUT2D eigenvalue weighted by Gasteiger charge is 2.14. The molecule has 0 aliphatic rings. The second kappa shape index (κ2) is 5.50. The number of aryl methyl sites for hydroxylation is 1.